The number of aryl methyl sites for hydroxylation is 1. The molecule has 24 heavy (non-hydrogen) atoms. The quantitative estimate of drug-likeness (QED) is 0.779. The molecule has 2 heterocycles. The Morgan fingerprint density at radius 2 is 2.17 bits per heavy atom. The number of carbonyl (C=O) groups is 2. The summed E-state index contributed by atoms with van der Waals surface area (Å²) in [7, 11) is 0. The Morgan fingerprint density at radius 3 is 2.92 bits per heavy atom. The molecule has 0 N–H and O–H groups in total. The summed E-state index contributed by atoms with van der Waals surface area (Å²) in [5.41, 5.74) is 2.03. The summed E-state index contributed by atoms with van der Waals surface area (Å²) < 4.78 is 11.0. The molecule has 0 saturated carbocycles. The van der Waals surface area contributed by atoms with Crippen molar-refractivity contribution in [3.8, 4) is 0 Å². The van der Waals surface area contributed by atoms with Crippen molar-refractivity contribution in [3.63, 3.8) is 0 Å². The molecule has 130 valence electrons. The van der Waals surface area contributed by atoms with Crippen molar-refractivity contribution in [2.75, 3.05) is 24.7 Å². The molecule has 3 rings (SSSR count). The zero-order chi connectivity index (χ0) is 16.9. The van der Waals surface area contributed by atoms with Gasteiger partial charge in [-0.2, -0.15) is 0 Å². The molecule has 5 nitrogen and oxygen atoms in total. The Balaban J connectivity index is 1.58. The Kier molecular flexibility index (Phi) is 5.51. The molecule has 2 aliphatic heterocycles. The topological polar surface area (TPSA) is 55.8 Å². The first kappa shape index (κ1) is 17.0. The molecule has 5 heteroatoms. The first-order valence-electron chi connectivity index (χ1n) is 8.85. The average Bonchev–Trinajstić information content (AvgIpc) is 3.02. The van der Waals surface area contributed by atoms with E-state index in [1.165, 1.54) is 0 Å². The second-order valence-electron chi connectivity index (χ2n) is 6.51. The predicted octanol–water partition coefficient (Wildman–Crippen LogP) is 2.71. The number of amides is 1. The van der Waals surface area contributed by atoms with Crippen LogP contribution in [0.5, 0.6) is 0 Å². The summed E-state index contributed by atoms with van der Waals surface area (Å²) in [4.78, 5) is 26.4. The lowest BCUT2D eigenvalue weighted by molar-refractivity contribution is -0.153. The fourth-order valence-electron chi connectivity index (χ4n) is 3.40. The van der Waals surface area contributed by atoms with Gasteiger partial charge in [-0.1, -0.05) is 25.1 Å². The minimum absolute atomic E-state index is 0.00762. The standard InChI is InChI=1S/C19H25NO4/c1-2-14-7-3-4-9-17(14)20-12-15(11-18(20)21)19(22)24-13-16-8-5-6-10-23-16/h3-4,7,9,15-16H,2,5-6,8,10-13H2,1H3. The largest absolute Gasteiger partial charge is 0.463 e. The van der Waals surface area contributed by atoms with Crippen molar-refractivity contribution in [1.29, 1.82) is 0 Å². The molecule has 2 unspecified atom stereocenters. The van der Waals surface area contributed by atoms with E-state index in [1.807, 2.05) is 24.3 Å². The Hall–Kier alpha value is -1.88. The summed E-state index contributed by atoms with van der Waals surface area (Å²) in [6.45, 7) is 3.51. The summed E-state index contributed by atoms with van der Waals surface area (Å²) in [5, 5.41) is 0. The molecule has 1 amide bonds. The molecule has 2 fully saturated rings. The van der Waals surface area contributed by atoms with Crippen LogP contribution in [0.25, 0.3) is 0 Å². The number of esters is 1. The van der Waals surface area contributed by atoms with E-state index in [1.54, 1.807) is 4.90 Å². The van der Waals surface area contributed by atoms with Gasteiger partial charge in [-0.15, -0.1) is 0 Å². The highest BCUT2D eigenvalue weighted by Crippen LogP contribution is 2.29. The molecule has 1 aromatic carbocycles. The Morgan fingerprint density at radius 1 is 1.33 bits per heavy atom. The van der Waals surface area contributed by atoms with Gasteiger partial charge in [0.25, 0.3) is 0 Å². The maximum absolute atomic E-state index is 12.4. The normalized spacial score (nSPS) is 24.2. The van der Waals surface area contributed by atoms with E-state index in [0.29, 0.717) is 13.2 Å². The van der Waals surface area contributed by atoms with Gasteiger partial charge in [-0.3, -0.25) is 9.59 Å². The highest BCUT2D eigenvalue weighted by molar-refractivity contribution is 6.00. The van der Waals surface area contributed by atoms with Crippen LogP contribution in [-0.2, 0) is 25.5 Å². The molecule has 0 bridgehead atoms. The Bertz CT molecular complexity index is 595. The number of nitrogens with zero attached hydrogens (tertiary/aromatic N) is 1. The van der Waals surface area contributed by atoms with E-state index < -0.39 is 0 Å². The maximum Gasteiger partial charge on any atom is 0.311 e. The van der Waals surface area contributed by atoms with Gasteiger partial charge in [-0.25, -0.2) is 0 Å². The number of para-hydroxylation sites is 1. The summed E-state index contributed by atoms with van der Waals surface area (Å²) in [6.07, 6.45) is 4.22. The summed E-state index contributed by atoms with van der Waals surface area (Å²) in [6, 6.07) is 7.86. The van der Waals surface area contributed by atoms with Gasteiger partial charge in [0.1, 0.15) is 6.61 Å². The molecular formula is C19H25NO4. The van der Waals surface area contributed by atoms with E-state index in [-0.39, 0.29) is 30.3 Å². The third-order valence-electron chi connectivity index (χ3n) is 4.81. The second kappa shape index (κ2) is 7.79. The van der Waals surface area contributed by atoms with Gasteiger partial charge >= 0.3 is 5.97 Å². The fourth-order valence-corrected chi connectivity index (χ4v) is 3.40. The van der Waals surface area contributed by atoms with Gasteiger partial charge in [0.2, 0.25) is 5.91 Å². The SMILES string of the molecule is CCc1ccccc1N1CC(C(=O)OCC2CCCCO2)CC1=O. The van der Waals surface area contributed by atoms with Crippen LogP contribution in [0.15, 0.2) is 24.3 Å². The zero-order valence-corrected chi connectivity index (χ0v) is 14.2. The third-order valence-corrected chi connectivity index (χ3v) is 4.81. The van der Waals surface area contributed by atoms with Crippen LogP contribution >= 0.6 is 0 Å². The van der Waals surface area contributed by atoms with Crippen LogP contribution in [0.1, 0.15) is 38.2 Å². The lowest BCUT2D eigenvalue weighted by atomic mass is 10.1. The molecule has 0 radical (unpaired) electrons. The number of benzene rings is 1. The molecular weight excluding hydrogens is 306 g/mol. The molecule has 2 aliphatic rings. The van der Waals surface area contributed by atoms with Crippen molar-refractivity contribution >= 4 is 17.6 Å². The minimum atomic E-state index is -0.383. The van der Waals surface area contributed by atoms with Crippen molar-refractivity contribution in [1.82, 2.24) is 0 Å². The van der Waals surface area contributed by atoms with E-state index in [2.05, 4.69) is 6.92 Å². The van der Waals surface area contributed by atoms with Crippen LogP contribution in [-0.4, -0.2) is 37.7 Å². The summed E-state index contributed by atoms with van der Waals surface area (Å²) in [5.74, 6) is -0.674. The van der Waals surface area contributed by atoms with Crippen molar-refractivity contribution in [2.24, 2.45) is 5.92 Å². The summed E-state index contributed by atoms with van der Waals surface area (Å²) >= 11 is 0. The van der Waals surface area contributed by atoms with Gasteiger partial charge in [-0.05, 0) is 37.3 Å². The number of carbonyl (C=O) groups excluding carboxylic acids is 2. The molecule has 2 atom stereocenters. The van der Waals surface area contributed by atoms with Gasteiger partial charge in [0.15, 0.2) is 0 Å². The highest BCUT2D eigenvalue weighted by Gasteiger charge is 2.37. The van der Waals surface area contributed by atoms with E-state index in [0.717, 1.165) is 43.5 Å². The third kappa shape index (κ3) is 3.78. The molecule has 0 aliphatic carbocycles. The van der Waals surface area contributed by atoms with E-state index in [9.17, 15) is 9.59 Å². The second-order valence-corrected chi connectivity index (χ2v) is 6.51. The highest BCUT2D eigenvalue weighted by atomic mass is 16.6. The first-order valence-corrected chi connectivity index (χ1v) is 8.85. The van der Waals surface area contributed by atoms with Crippen LogP contribution in [0, 0.1) is 5.92 Å². The van der Waals surface area contributed by atoms with Crippen molar-refractivity contribution in [3.05, 3.63) is 29.8 Å². The number of anilines is 1. The number of ether oxygens (including phenoxy) is 2. The number of hydrogen-bond acceptors (Lipinski definition) is 4. The van der Waals surface area contributed by atoms with Crippen LogP contribution in [0.2, 0.25) is 0 Å². The zero-order valence-electron chi connectivity index (χ0n) is 14.2. The van der Waals surface area contributed by atoms with E-state index in [4.69, 9.17) is 9.47 Å². The molecule has 0 spiro atoms. The lowest BCUT2D eigenvalue weighted by Crippen LogP contribution is -2.30. The molecule has 0 aromatic heterocycles. The van der Waals surface area contributed by atoms with Crippen LogP contribution in [0.3, 0.4) is 0 Å². The molecule has 1 aromatic rings. The smallest absolute Gasteiger partial charge is 0.311 e. The number of rotatable bonds is 5. The fraction of sp³-hybridized carbons (Fsp3) is 0.579. The van der Waals surface area contributed by atoms with Gasteiger partial charge < -0.3 is 14.4 Å². The lowest BCUT2D eigenvalue weighted by Gasteiger charge is -2.23. The average molecular weight is 331 g/mol. The molecule has 2 saturated heterocycles. The predicted molar refractivity (Wildman–Crippen MR) is 90.8 cm³/mol. The minimum Gasteiger partial charge on any atom is -0.463 e. The van der Waals surface area contributed by atoms with E-state index >= 15 is 0 Å². The van der Waals surface area contributed by atoms with Gasteiger partial charge in [0, 0.05) is 25.3 Å². The monoisotopic (exact) mass is 331 g/mol. The first-order chi connectivity index (χ1) is 11.7. The van der Waals surface area contributed by atoms with Crippen molar-refractivity contribution in [2.45, 2.75) is 45.1 Å². The maximum atomic E-state index is 12.4. The number of hydrogen-bond donors (Lipinski definition) is 0. The van der Waals surface area contributed by atoms with Crippen LogP contribution < -0.4 is 4.90 Å². The van der Waals surface area contributed by atoms with Crippen molar-refractivity contribution < 1.29 is 19.1 Å². The van der Waals surface area contributed by atoms with Gasteiger partial charge in [0.05, 0.1) is 12.0 Å². The van der Waals surface area contributed by atoms with Crippen LogP contribution in [0.4, 0.5) is 5.69 Å². The Labute approximate surface area is 142 Å².